The fourth-order valence-corrected chi connectivity index (χ4v) is 1.81. The van der Waals surface area contributed by atoms with E-state index in [1.54, 1.807) is 13.8 Å². The predicted molar refractivity (Wildman–Crippen MR) is 66.4 cm³/mol. The molecular weight excluding hydrogens is 274 g/mol. The molecule has 0 aliphatic carbocycles. The van der Waals surface area contributed by atoms with Crippen LogP contribution in [0.4, 0.5) is 20.2 Å². The van der Waals surface area contributed by atoms with Crippen molar-refractivity contribution in [1.82, 2.24) is 0 Å². The minimum atomic E-state index is -1.29. The Labute approximate surface area is 113 Å². The van der Waals surface area contributed by atoms with Crippen molar-refractivity contribution >= 4 is 11.4 Å². The first-order chi connectivity index (χ1) is 9.30. The van der Waals surface area contributed by atoms with E-state index in [1.165, 1.54) is 0 Å². The number of ether oxygens (including phenoxy) is 2. The van der Waals surface area contributed by atoms with E-state index in [-0.39, 0.29) is 13.2 Å². The zero-order chi connectivity index (χ0) is 14.9. The second kappa shape index (κ2) is 5.29. The van der Waals surface area contributed by atoms with Crippen molar-refractivity contribution in [3.05, 3.63) is 33.9 Å². The smallest absolute Gasteiger partial charge is 0.295 e. The Hall–Kier alpha value is -1.80. The molecule has 0 radical (unpaired) electrons. The van der Waals surface area contributed by atoms with Crippen LogP contribution < -0.4 is 5.32 Å². The fraction of sp³-hybridized carbons (Fsp3) is 0.500. The first-order valence-corrected chi connectivity index (χ1v) is 5.97. The van der Waals surface area contributed by atoms with Crippen LogP contribution in [0.3, 0.4) is 0 Å². The summed E-state index contributed by atoms with van der Waals surface area (Å²) in [5, 5.41) is 13.4. The Morgan fingerprint density at radius 1 is 1.35 bits per heavy atom. The number of rotatable bonds is 3. The molecule has 1 aliphatic heterocycles. The van der Waals surface area contributed by atoms with Crippen LogP contribution >= 0.6 is 0 Å². The maximum Gasteiger partial charge on any atom is 0.295 e. The van der Waals surface area contributed by atoms with E-state index < -0.39 is 39.8 Å². The van der Waals surface area contributed by atoms with Crippen molar-refractivity contribution in [2.75, 3.05) is 18.5 Å². The Morgan fingerprint density at radius 2 is 1.95 bits per heavy atom. The van der Waals surface area contributed by atoms with Gasteiger partial charge in [-0.3, -0.25) is 10.1 Å². The van der Waals surface area contributed by atoms with Crippen molar-refractivity contribution in [1.29, 1.82) is 0 Å². The molecule has 0 amide bonds. The van der Waals surface area contributed by atoms with Gasteiger partial charge in [0, 0.05) is 6.07 Å². The second-order valence-corrected chi connectivity index (χ2v) is 4.88. The highest BCUT2D eigenvalue weighted by Gasteiger charge is 2.31. The number of halogens is 2. The van der Waals surface area contributed by atoms with Crippen molar-refractivity contribution in [3.8, 4) is 0 Å². The van der Waals surface area contributed by atoms with Gasteiger partial charge in [-0.15, -0.1) is 0 Å². The molecule has 1 aromatic carbocycles. The van der Waals surface area contributed by atoms with Gasteiger partial charge in [-0.2, -0.15) is 0 Å². The third kappa shape index (κ3) is 3.02. The summed E-state index contributed by atoms with van der Waals surface area (Å²) in [5.41, 5.74) is -1.03. The van der Waals surface area contributed by atoms with E-state index in [4.69, 9.17) is 9.47 Å². The molecule has 6 nitrogen and oxygen atoms in total. The molecule has 1 N–H and O–H groups in total. The van der Waals surface area contributed by atoms with Crippen LogP contribution in [0.2, 0.25) is 0 Å². The lowest BCUT2D eigenvalue weighted by molar-refractivity contribution is -0.384. The maximum atomic E-state index is 13.7. The quantitative estimate of drug-likeness (QED) is 0.683. The van der Waals surface area contributed by atoms with Gasteiger partial charge >= 0.3 is 0 Å². The average Bonchev–Trinajstić information content (AvgIpc) is 2.37. The van der Waals surface area contributed by atoms with Crippen LogP contribution in [-0.4, -0.2) is 30.0 Å². The number of nitro benzene ring substituents is 1. The summed E-state index contributed by atoms with van der Waals surface area (Å²) in [4.78, 5) is 10.1. The van der Waals surface area contributed by atoms with Gasteiger partial charge in [0.25, 0.3) is 5.69 Å². The highest BCUT2D eigenvalue weighted by atomic mass is 19.2. The number of hydrogen-bond acceptors (Lipinski definition) is 5. The van der Waals surface area contributed by atoms with Gasteiger partial charge in [0.05, 0.1) is 24.2 Å². The number of anilines is 1. The van der Waals surface area contributed by atoms with Crippen LogP contribution in [-0.2, 0) is 9.47 Å². The fourth-order valence-electron chi connectivity index (χ4n) is 1.81. The molecule has 0 saturated carbocycles. The lowest BCUT2D eigenvalue weighted by atomic mass is 10.2. The van der Waals surface area contributed by atoms with E-state index in [0.717, 1.165) is 12.1 Å². The largest absolute Gasteiger partial charge is 0.370 e. The summed E-state index contributed by atoms with van der Waals surface area (Å²) in [7, 11) is 0. The van der Waals surface area contributed by atoms with Crippen molar-refractivity contribution in [2.45, 2.75) is 25.7 Å². The average molecular weight is 288 g/mol. The van der Waals surface area contributed by atoms with Crippen LogP contribution in [0.5, 0.6) is 0 Å². The minimum Gasteiger partial charge on any atom is -0.370 e. The summed E-state index contributed by atoms with van der Waals surface area (Å²) in [6.45, 7) is 3.77. The summed E-state index contributed by atoms with van der Waals surface area (Å²) in [6, 6.07) is 1.13. The Balaban J connectivity index is 2.21. The highest BCUT2D eigenvalue weighted by molar-refractivity contribution is 5.63. The molecule has 0 spiro atoms. The molecule has 110 valence electrons. The first kappa shape index (κ1) is 14.6. The molecule has 0 atom stereocenters. The lowest BCUT2D eigenvalue weighted by Crippen LogP contribution is -2.45. The number of nitrogens with one attached hydrogen (secondary N) is 1. The molecule has 20 heavy (non-hydrogen) atoms. The molecule has 2 rings (SSSR count). The van der Waals surface area contributed by atoms with Crippen molar-refractivity contribution < 1.29 is 23.2 Å². The molecule has 1 aromatic rings. The number of nitro groups is 1. The van der Waals surface area contributed by atoms with E-state index in [9.17, 15) is 18.9 Å². The second-order valence-electron chi connectivity index (χ2n) is 4.88. The van der Waals surface area contributed by atoms with Crippen molar-refractivity contribution in [3.63, 3.8) is 0 Å². The summed E-state index contributed by atoms with van der Waals surface area (Å²) < 4.78 is 37.6. The normalized spacial score (nSPS) is 18.8. The van der Waals surface area contributed by atoms with E-state index in [0.29, 0.717) is 0 Å². The molecule has 1 aliphatic rings. The third-order valence-electron chi connectivity index (χ3n) is 2.88. The van der Waals surface area contributed by atoms with Gasteiger partial charge in [0.1, 0.15) is 0 Å². The van der Waals surface area contributed by atoms with Crippen LogP contribution in [0.1, 0.15) is 13.8 Å². The van der Waals surface area contributed by atoms with Gasteiger partial charge in [0.2, 0.25) is 0 Å². The Kier molecular flexibility index (Phi) is 3.87. The summed E-state index contributed by atoms with van der Waals surface area (Å²) in [5.74, 6) is -3.20. The lowest BCUT2D eigenvalue weighted by Gasteiger charge is -2.35. The summed E-state index contributed by atoms with van der Waals surface area (Å²) >= 11 is 0. The van der Waals surface area contributed by atoms with E-state index in [2.05, 4.69) is 5.32 Å². The van der Waals surface area contributed by atoms with Gasteiger partial charge in [-0.25, -0.2) is 8.78 Å². The van der Waals surface area contributed by atoms with E-state index >= 15 is 0 Å². The minimum absolute atomic E-state index is 0.167. The number of nitrogens with zero attached hydrogens (tertiary/aromatic N) is 1. The number of hydrogen-bond donors (Lipinski definition) is 1. The number of benzene rings is 1. The molecule has 0 bridgehead atoms. The Morgan fingerprint density at radius 3 is 2.50 bits per heavy atom. The van der Waals surface area contributed by atoms with Crippen LogP contribution in [0.15, 0.2) is 12.1 Å². The molecule has 0 unspecified atom stereocenters. The zero-order valence-electron chi connectivity index (χ0n) is 11.0. The topological polar surface area (TPSA) is 73.6 Å². The standard InChI is InChI=1S/C12H14F2N2O4/c1-12(2)19-5-7(6-20-12)15-11-9(16(17)18)4-3-8(13)10(11)14/h3-4,7,15H,5-6H2,1-2H3. The van der Waals surface area contributed by atoms with Gasteiger partial charge in [0.15, 0.2) is 23.1 Å². The predicted octanol–water partition coefficient (Wildman–Crippen LogP) is 2.44. The highest BCUT2D eigenvalue weighted by Crippen LogP contribution is 2.30. The van der Waals surface area contributed by atoms with Gasteiger partial charge in [-0.05, 0) is 19.9 Å². The molecule has 1 heterocycles. The Bertz CT molecular complexity index is 526. The molecule has 8 heteroatoms. The molecule has 1 saturated heterocycles. The zero-order valence-corrected chi connectivity index (χ0v) is 11.0. The first-order valence-electron chi connectivity index (χ1n) is 5.97. The SMILES string of the molecule is CC1(C)OCC(Nc2c([N+](=O)[O-])ccc(F)c2F)CO1. The monoisotopic (exact) mass is 288 g/mol. The van der Waals surface area contributed by atoms with E-state index in [1.807, 2.05) is 0 Å². The summed E-state index contributed by atoms with van der Waals surface area (Å²) in [6.07, 6.45) is 0. The van der Waals surface area contributed by atoms with Crippen LogP contribution in [0.25, 0.3) is 0 Å². The molecule has 0 aromatic heterocycles. The maximum absolute atomic E-state index is 13.7. The molecule has 1 fully saturated rings. The third-order valence-corrected chi connectivity index (χ3v) is 2.88. The van der Waals surface area contributed by atoms with Gasteiger partial charge < -0.3 is 14.8 Å². The van der Waals surface area contributed by atoms with Crippen LogP contribution in [0, 0.1) is 21.7 Å². The van der Waals surface area contributed by atoms with Crippen molar-refractivity contribution in [2.24, 2.45) is 0 Å². The van der Waals surface area contributed by atoms with Gasteiger partial charge in [-0.1, -0.05) is 0 Å². The molecular formula is C12H14F2N2O4.